The molecule has 1 aromatic carbocycles. The number of rotatable bonds is 5. The van der Waals surface area contributed by atoms with Gasteiger partial charge in [-0.2, -0.15) is 0 Å². The predicted molar refractivity (Wildman–Crippen MR) is 104 cm³/mol. The topological polar surface area (TPSA) is 63.6 Å². The minimum absolute atomic E-state index is 0.645. The van der Waals surface area contributed by atoms with Crippen LogP contribution in [-0.2, 0) is 0 Å². The Morgan fingerprint density at radius 2 is 1.81 bits per heavy atom. The fourth-order valence-corrected chi connectivity index (χ4v) is 4.03. The van der Waals surface area contributed by atoms with Crippen LogP contribution in [0.5, 0.6) is 11.5 Å². The van der Waals surface area contributed by atoms with Gasteiger partial charge in [0.1, 0.15) is 11.3 Å². The van der Waals surface area contributed by atoms with E-state index in [-0.39, 0.29) is 0 Å². The van der Waals surface area contributed by atoms with Gasteiger partial charge in [-0.15, -0.1) is 0 Å². The average molecular weight is 371 g/mol. The largest absolute Gasteiger partial charge is 0.494 e. The van der Waals surface area contributed by atoms with Crippen LogP contribution < -0.4 is 19.3 Å². The fourth-order valence-electron chi connectivity index (χ4n) is 2.99. The van der Waals surface area contributed by atoms with Crippen molar-refractivity contribution in [2.24, 2.45) is 0 Å². The summed E-state index contributed by atoms with van der Waals surface area (Å²) in [6.45, 7) is 6.14. The van der Waals surface area contributed by atoms with Crippen LogP contribution in [0.25, 0.3) is 10.2 Å². The van der Waals surface area contributed by atoms with E-state index in [2.05, 4.69) is 25.8 Å². The van der Waals surface area contributed by atoms with Gasteiger partial charge in [-0.05, 0) is 19.1 Å². The molecule has 3 heterocycles. The summed E-state index contributed by atoms with van der Waals surface area (Å²) in [4.78, 5) is 18.1. The van der Waals surface area contributed by atoms with Crippen molar-refractivity contribution < 1.29 is 9.47 Å². The van der Waals surface area contributed by atoms with Gasteiger partial charge in [-0.3, -0.25) is 0 Å². The minimum atomic E-state index is 0.645. The molecule has 2 aromatic heterocycles. The third-order valence-electron chi connectivity index (χ3n) is 4.35. The summed E-state index contributed by atoms with van der Waals surface area (Å²) in [6, 6.07) is 6.10. The lowest BCUT2D eigenvalue weighted by molar-refractivity contribution is 0.344. The first-order chi connectivity index (χ1) is 12.8. The maximum atomic E-state index is 5.70. The zero-order valence-electron chi connectivity index (χ0n) is 14.9. The molecular formula is C18H21N5O2S. The Balaban J connectivity index is 1.47. The van der Waals surface area contributed by atoms with Crippen molar-refractivity contribution in [2.45, 2.75) is 6.92 Å². The molecule has 7 nitrogen and oxygen atoms in total. The maximum Gasteiger partial charge on any atom is 0.225 e. The molecule has 136 valence electrons. The molecule has 4 rings (SSSR count). The van der Waals surface area contributed by atoms with E-state index >= 15 is 0 Å². The SMILES string of the molecule is CCOc1cccc2sc(N3CCN(c4ncc(OC)cn4)CC3)nc12. The predicted octanol–water partition coefficient (Wildman–Crippen LogP) is 2.82. The van der Waals surface area contributed by atoms with Crippen molar-refractivity contribution in [3.63, 3.8) is 0 Å². The number of hydrogen-bond acceptors (Lipinski definition) is 8. The van der Waals surface area contributed by atoms with Crippen molar-refractivity contribution in [3.8, 4) is 11.5 Å². The molecule has 0 saturated carbocycles. The number of methoxy groups -OCH3 is 1. The molecule has 3 aromatic rings. The number of aromatic nitrogens is 3. The molecule has 0 amide bonds. The molecule has 0 radical (unpaired) electrons. The summed E-state index contributed by atoms with van der Waals surface area (Å²) in [5.74, 6) is 2.28. The monoisotopic (exact) mass is 371 g/mol. The first kappa shape index (κ1) is 16.8. The molecule has 8 heteroatoms. The van der Waals surface area contributed by atoms with Crippen molar-refractivity contribution in [2.75, 3.05) is 49.7 Å². The van der Waals surface area contributed by atoms with Crippen molar-refractivity contribution in [1.82, 2.24) is 15.0 Å². The molecule has 1 aliphatic rings. The number of para-hydroxylation sites is 1. The first-order valence-electron chi connectivity index (χ1n) is 8.66. The number of ether oxygens (including phenoxy) is 2. The molecule has 0 aliphatic carbocycles. The second-order valence-electron chi connectivity index (χ2n) is 5.93. The quantitative estimate of drug-likeness (QED) is 0.683. The average Bonchev–Trinajstić information content (AvgIpc) is 3.14. The van der Waals surface area contributed by atoms with Gasteiger partial charge >= 0.3 is 0 Å². The minimum Gasteiger partial charge on any atom is -0.494 e. The van der Waals surface area contributed by atoms with E-state index < -0.39 is 0 Å². The Bertz CT molecular complexity index is 875. The van der Waals surface area contributed by atoms with Gasteiger partial charge in [0.15, 0.2) is 10.9 Å². The lowest BCUT2D eigenvalue weighted by Gasteiger charge is -2.34. The van der Waals surface area contributed by atoms with Crippen LogP contribution in [0.15, 0.2) is 30.6 Å². The Hall–Kier alpha value is -2.61. The third kappa shape index (κ3) is 3.24. The number of hydrogen-bond donors (Lipinski definition) is 0. The standard InChI is InChI=1S/C18H21N5O2S/c1-3-25-14-5-4-6-15-16(14)21-18(26-15)23-9-7-22(8-10-23)17-19-11-13(24-2)12-20-17/h4-6,11-12H,3,7-10H2,1-2H3. The van der Waals surface area contributed by atoms with E-state index in [0.717, 1.165) is 53.2 Å². The number of nitrogens with zero attached hydrogens (tertiary/aromatic N) is 5. The van der Waals surface area contributed by atoms with Gasteiger partial charge in [-0.1, -0.05) is 17.4 Å². The number of thiazole rings is 1. The summed E-state index contributed by atoms with van der Waals surface area (Å²) >= 11 is 1.71. The molecule has 1 fully saturated rings. The second-order valence-corrected chi connectivity index (χ2v) is 6.94. The van der Waals surface area contributed by atoms with Crippen LogP contribution in [0.2, 0.25) is 0 Å². The fraction of sp³-hybridized carbons (Fsp3) is 0.389. The first-order valence-corrected chi connectivity index (χ1v) is 9.48. The van der Waals surface area contributed by atoms with Crippen LogP contribution >= 0.6 is 11.3 Å². The molecule has 0 bridgehead atoms. The number of fused-ring (bicyclic) bond motifs is 1. The van der Waals surface area contributed by atoms with Crippen LogP contribution in [0, 0.1) is 0 Å². The summed E-state index contributed by atoms with van der Waals surface area (Å²) in [5, 5.41) is 1.04. The zero-order valence-corrected chi connectivity index (χ0v) is 15.7. The lowest BCUT2D eigenvalue weighted by Crippen LogP contribution is -2.47. The molecule has 0 spiro atoms. The van der Waals surface area contributed by atoms with Crippen molar-refractivity contribution in [3.05, 3.63) is 30.6 Å². The summed E-state index contributed by atoms with van der Waals surface area (Å²) in [6.07, 6.45) is 3.41. The molecule has 0 N–H and O–H groups in total. The van der Waals surface area contributed by atoms with E-state index in [1.165, 1.54) is 0 Å². The van der Waals surface area contributed by atoms with Gasteiger partial charge in [0.25, 0.3) is 0 Å². The normalized spacial score (nSPS) is 14.7. The van der Waals surface area contributed by atoms with E-state index in [4.69, 9.17) is 14.5 Å². The van der Waals surface area contributed by atoms with Crippen LogP contribution in [0.1, 0.15) is 6.92 Å². The Labute approximate surface area is 156 Å². The highest BCUT2D eigenvalue weighted by Gasteiger charge is 2.22. The van der Waals surface area contributed by atoms with Crippen LogP contribution in [0.3, 0.4) is 0 Å². The van der Waals surface area contributed by atoms with Gasteiger partial charge in [0.2, 0.25) is 5.95 Å². The summed E-state index contributed by atoms with van der Waals surface area (Å²) in [7, 11) is 1.62. The molecule has 0 unspecified atom stereocenters. The Morgan fingerprint density at radius 3 is 2.50 bits per heavy atom. The van der Waals surface area contributed by atoms with E-state index in [1.54, 1.807) is 30.8 Å². The van der Waals surface area contributed by atoms with E-state index in [1.807, 2.05) is 19.1 Å². The highest BCUT2D eigenvalue weighted by molar-refractivity contribution is 7.22. The molecule has 0 atom stereocenters. The Morgan fingerprint density at radius 1 is 1.08 bits per heavy atom. The Kier molecular flexibility index (Phi) is 4.75. The van der Waals surface area contributed by atoms with Gasteiger partial charge in [0.05, 0.1) is 30.8 Å². The zero-order chi connectivity index (χ0) is 17.9. The van der Waals surface area contributed by atoms with Crippen molar-refractivity contribution >= 4 is 32.6 Å². The van der Waals surface area contributed by atoms with E-state index in [9.17, 15) is 0 Å². The van der Waals surface area contributed by atoms with Gasteiger partial charge in [0, 0.05) is 26.2 Å². The smallest absolute Gasteiger partial charge is 0.225 e. The van der Waals surface area contributed by atoms with Gasteiger partial charge < -0.3 is 19.3 Å². The van der Waals surface area contributed by atoms with Gasteiger partial charge in [-0.25, -0.2) is 15.0 Å². The molecule has 1 saturated heterocycles. The number of benzene rings is 1. The van der Waals surface area contributed by atoms with E-state index in [0.29, 0.717) is 12.4 Å². The summed E-state index contributed by atoms with van der Waals surface area (Å²) in [5.41, 5.74) is 0.954. The molecule has 1 aliphatic heterocycles. The lowest BCUT2D eigenvalue weighted by atomic mass is 10.3. The highest BCUT2D eigenvalue weighted by atomic mass is 32.1. The highest BCUT2D eigenvalue weighted by Crippen LogP contribution is 2.34. The molecule has 26 heavy (non-hydrogen) atoms. The number of piperazine rings is 1. The number of anilines is 2. The summed E-state index contributed by atoms with van der Waals surface area (Å²) < 4.78 is 12.0. The second kappa shape index (κ2) is 7.33. The van der Waals surface area contributed by atoms with Crippen LogP contribution in [0.4, 0.5) is 11.1 Å². The van der Waals surface area contributed by atoms with Crippen LogP contribution in [-0.4, -0.2) is 54.8 Å². The van der Waals surface area contributed by atoms with Crippen molar-refractivity contribution in [1.29, 1.82) is 0 Å². The maximum absolute atomic E-state index is 5.70. The molecular weight excluding hydrogens is 350 g/mol. The third-order valence-corrected chi connectivity index (χ3v) is 5.44.